The average Bonchev–Trinajstić information content (AvgIpc) is 2.50. The Morgan fingerprint density at radius 1 is 1.19 bits per heavy atom. The summed E-state index contributed by atoms with van der Waals surface area (Å²) in [7, 11) is 0. The molecule has 0 aromatic carbocycles. The lowest BCUT2D eigenvalue weighted by molar-refractivity contribution is -0.134. The van der Waals surface area contributed by atoms with E-state index in [1.807, 2.05) is 20.8 Å². The van der Waals surface area contributed by atoms with Gasteiger partial charge in [0.05, 0.1) is 5.70 Å². The van der Waals surface area contributed by atoms with Gasteiger partial charge >= 0.3 is 0 Å². The lowest BCUT2D eigenvalue weighted by Crippen LogP contribution is -2.30. The van der Waals surface area contributed by atoms with E-state index >= 15 is 0 Å². The second-order valence-electron chi connectivity index (χ2n) is 3.78. The maximum absolute atomic E-state index is 11.6. The lowest BCUT2D eigenvalue weighted by Gasteiger charge is -2.20. The Labute approximate surface area is 95.4 Å². The SMILES string of the molecule is C=C/C=C(/C)C(=C(C)C)N1C(=O)C=CC1=O. The Balaban J connectivity index is 3.21. The van der Waals surface area contributed by atoms with Crippen molar-refractivity contribution >= 4 is 11.8 Å². The van der Waals surface area contributed by atoms with E-state index in [2.05, 4.69) is 6.58 Å². The first-order valence-corrected chi connectivity index (χ1v) is 5.02. The predicted octanol–water partition coefficient (Wildman–Crippen LogP) is 2.34. The lowest BCUT2D eigenvalue weighted by atomic mass is 10.1. The van der Waals surface area contributed by atoms with Crippen LogP contribution in [0.3, 0.4) is 0 Å². The first-order valence-electron chi connectivity index (χ1n) is 5.02. The van der Waals surface area contributed by atoms with E-state index in [1.54, 1.807) is 12.2 Å². The fourth-order valence-corrected chi connectivity index (χ4v) is 1.67. The summed E-state index contributed by atoms with van der Waals surface area (Å²) < 4.78 is 0. The van der Waals surface area contributed by atoms with Gasteiger partial charge in [-0.3, -0.25) is 9.59 Å². The Hall–Kier alpha value is -1.90. The van der Waals surface area contributed by atoms with Crippen LogP contribution in [0.15, 0.2) is 47.7 Å². The summed E-state index contributed by atoms with van der Waals surface area (Å²) in [5.74, 6) is -0.587. The number of allylic oxidation sites excluding steroid dienone is 4. The van der Waals surface area contributed by atoms with Crippen LogP contribution >= 0.6 is 0 Å². The molecule has 1 heterocycles. The van der Waals surface area contributed by atoms with Crippen LogP contribution in [0, 0.1) is 0 Å². The molecule has 0 N–H and O–H groups in total. The first kappa shape index (κ1) is 12.2. The summed E-state index contributed by atoms with van der Waals surface area (Å²) >= 11 is 0. The van der Waals surface area contributed by atoms with Gasteiger partial charge in [-0.15, -0.1) is 0 Å². The molecule has 3 heteroatoms. The summed E-state index contributed by atoms with van der Waals surface area (Å²) in [4.78, 5) is 24.3. The highest BCUT2D eigenvalue weighted by Gasteiger charge is 2.28. The van der Waals surface area contributed by atoms with Crippen LogP contribution in [0.25, 0.3) is 0 Å². The zero-order valence-electron chi connectivity index (χ0n) is 9.78. The molecule has 84 valence electrons. The number of nitrogens with zero attached hydrogens (tertiary/aromatic N) is 1. The van der Waals surface area contributed by atoms with Crippen LogP contribution < -0.4 is 0 Å². The van der Waals surface area contributed by atoms with Crippen molar-refractivity contribution in [3.8, 4) is 0 Å². The number of imide groups is 1. The van der Waals surface area contributed by atoms with E-state index in [9.17, 15) is 9.59 Å². The molecule has 0 aromatic heterocycles. The van der Waals surface area contributed by atoms with E-state index in [4.69, 9.17) is 0 Å². The number of hydrogen-bond acceptors (Lipinski definition) is 2. The molecule has 0 spiro atoms. The minimum Gasteiger partial charge on any atom is -0.269 e. The number of hydrogen-bond donors (Lipinski definition) is 0. The molecule has 1 rings (SSSR count). The van der Waals surface area contributed by atoms with Crippen molar-refractivity contribution in [1.29, 1.82) is 0 Å². The molecular formula is C13H15NO2. The van der Waals surface area contributed by atoms with E-state index < -0.39 is 0 Å². The highest BCUT2D eigenvalue weighted by Crippen LogP contribution is 2.23. The van der Waals surface area contributed by atoms with Gasteiger partial charge in [0, 0.05) is 12.2 Å². The molecule has 0 fully saturated rings. The normalized spacial score (nSPS) is 15.7. The molecule has 0 aromatic rings. The van der Waals surface area contributed by atoms with Gasteiger partial charge in [-0.25, -0.2) is 4.90 Å². The van der Waals surface area contributed by atoms with Crippen molar-refractivity contribution in [2.24, 2.45) is 0 Å². The van der Waals surface area contributed by atoms with Crippen LogP contribution in [0.1, 0.15) is 20.8 Å². The molecule has 1 aliphatic heterocycles. The second-order valence-corrected chi connectivity index (χ2v) is 3.78. The zero-order chi connectivity index (χ0) is 12.3. The molecule has 16 heavy (non-hydrogen) atoms. The molecule has 0 atom stereocenters. The average molecular weight is 217 g/mol. The standard InChI is InChI=1S/C13H15NO2/c1-5-6-10(4)13(9(2)3)14-11(15)7-8-12(14)16/h5-8H,1H2,2-4H3/b10-6-. The third kappa shape index (κ3) is 2.19. The van der Waals surface area contributed by atoms with E-state index in [0.29, 0.717) is 5.70 Å². The third-order valence-electron chi connectivity index (χ3n) is 2.25. The van der Waals surface area contributed by atoms with Crippen molar-refractivity contribution in [1.82, 2.24) is 4.90 Å². The molecule has 0 saturated heterocycles. The Morgan fingerprint density at radius 3 is 2.06 bits per heavy atom. The van der Waals surface area contributed by atoms with Gasteiger partial charge in [-0.1, -0.05) is 24.3 Å². The molecule has 0 unspecified atom stereocenters. The zero-order valence-corrected chi connectivity index (χ0v) is 9.78. The van der Waals surface area contributed by atoms with Crippen molar-refractivity contribution in [3.63, 3.8) is 0 Å². The fraction of sp³-hybridized carbons (Fsp3) is 0.231. The molecule has 0 saturated carbocycles. The number of carbonyl (C=O) groups excluding carboxylic acids is 2. The summed E-state index contributed by atoms with van der Waals surface area (Å²) in [6.45, 7) is 9.19. The molecule has 2 amide bonds. The molecular weight excluding hydrogens is 202 g/mol. The largest absolute Gasteiger partial charge is 0.269 e. The highest BCUT2D eigenvalue weighted by molar-refractivity contribution is 6.14. The van der Waals surface area contributed by atoms with Crippen molar-refractivity contribution in [2.75, 3.05) is 0 Å². The van der Waals surface area contributed by atoms with Gasteiger partial charge in [-0.05, 0) is 26.3 Å². The minimum atomic E-state index is -0.294. The van der Waals surface area contributed by atoms with Crippen molar-refractivity contribution < 1.29 is 9.59 Å². The van der Waals surface area contributed by atoms with Gasteiger partial charge in [0.2, 0.25) is 0 Å². The Kier molecular flexibility index (Phi) is 3.61. The molecule has 1 aliphatic rings. The second kappa shape index (κ2) is 4.75. The monoisotopic (exact) mass is 217 g/mol. The van der Waals surface area contributed by atoms with Crippen molar-refractivity contribution in [3.05, 3.63) is 47.7 Å². The maximum atomic E-state index is 11.6. The first-order chi connectivity index (χ1) is 7.49. The smallest absolute Gasteiger partial charge is 0.258 e. The summed E-state index contributed by atoms with van der Waals surface area (Å²) in [5, 5.41) is 0. The molecule has 0 radical (unpaired) electrons. The molecule has 0 bridgehead atoms. The minimum absolute atomic E-state index is 0.294. The molecule has 0 aliphatic carbocycles. The summed E-state index contributed by atoms with van der Waals surface area (Å²) in [6.07, 6.45) is 5.98. The van der Waals surface area contributed by atoms with E-state index in [0.717, 1.165) is 11.1 Å². The number of rotatable bonds is 3. The van der Waals surface area contributed by atoms with Gasteiger partial charge in [0.15, 0.2) is 0 Å². The Bertz CT molecular complexity index is 417. The number of amides is 2. The van der Waals surface area contributed by atoms with Gasteiger partial charge in [-0.2, -0.15) is 0 Å². The van der Waals surface area contributed by atoms with Crippen molar-refractivity contribution in [2.45, 2.75) is 20.8 Å². The predicted molar refractivity (Wildman–Crippen MR) is 63.3 cm³/mol. The topological polar surface area (TPSA) is 37.4 Å². The van der Waals surface area contributed by atoms with Crippen LogP contribution in [-0.2, 0) is 9.59 Å². The fourth-order valence-electron chi connectivity index (χ4n) is 1.67. The maximum Gasteiger partial charge on any atom is 0.258 e. The van der Waals surface area contributed by atoms with Gasteiger partial charge in [0.1, 0.15) is 0 Å². The Morgan fingerprint density at radius 2 is 1.69 bits per heavy atom. The van der Waals surface area contributed by atoms with Gasteiger partial charge in [0.25, 0.3) is 11.8 Å². The molecule has 3 nitrogen and oxygen atoms in total. The van der Waals surface area contributed by atoms with Crippen LogP contribution in [-0.4, -0.2) is 16.7 Å². The summed E-state index contributed by atoms with van der Waals surface area (Å²) in [6, 6.07) is 0. The summed E-state index contributed by atoms with van der Waals surface area (Å²) in [5.41, 5.74) is 2.42. The van der Waals surface area contributed by atoms with Gasteiger partial charge < -0.3 is 0 Å². The highest BCUT2D eigenvalue weighted by atomic mass is 16.2. The van der Waals surface area contributed by atoms with Crippen LogP contribution in [0.2, 0.25) is 0 Å². The number of carbonyl (C=O) groups is 2. The third-order valence-corrected chi connectivity index (χ3v) is 2.25. The van der Waals surface area contributed by atoms with E-state index in [-0.39, 0.29) is 11.8 Å². The van der Waals surface area contributed by atoms with Crippen LogP contribution in [0.5, 0.6) is 0 Å². The quantitative estimate of drug-likeness (QED) is 0.537. The van der Waals surface area contributed by atoms with E-state index in [1.165, 1.54) is 17.1 Å². The van der Waals surface area contributed by atoms with Crippen LogP contribution in [0.4, 0.5) is 0 Å².